The minimum Gasteiger partial charge on any atom is -0.434 e. The molecule has 200 valence electrons. The van der Waals surface area contributed by atoms with Gasteiger partial charge in [-0.15, -0.1) is 0 Å². The van der Waals surface area contributed by atoms with E-state index in [1.54, 1.807) is 5.57 Å². The Morgan fingerprint density at radius 1 is 1.06 bits per heavy atom. The summed E-state index contributed by atoms with van der Waals surface area (Å²) in [5.41, 5.74) is 2.42. The maximum atomic E-state index is 12.1. The minimum atomic E-state index is -0.467. The summed E-state index contributed by atoms with van der Waals surface area (Å²) in [5.74, 6) is 5.19. The first-order valence-electron chi connectivity index (χ1n) is 14.8. The van der Waals surface area contributed by atoms with Crippen molar-refractivity contribution in [3.05, 3.63) is 11.6 Å². The molecule has 0 aromatic rings. The summed E-state index contributed by atoms with van der Waals surface area (Å²) in [4.78, 5) is 12.1. The molecule has 0 spiro atoms. The standard InChI is InChI=1S/C31H51IO3/c1-21(2)8-6-9-22(3)26-12-13-27-25-11-10-23-20-24(35-29(33)34-19-7-18-32)14-16-30(23,4)28(25)15-17-31(26,27)5/h10,21-22,24-28H,6-9,11-20H2,1-5H3/t22?,24?,25?,26?,27?,28?,30-,31?/m0/s1. The fraction of sp³-hybridized carbons (Fsp3) is 0.903. The third-order valence-corrected chi connectivity index (χ3v) is 11.8. The van der Waals surface area contributed by atoms with Crippen LogP contribution in [0.1, 0.15) is 112 Å². The van der Waals surface area contributed by atoms with Crippen LogP contribution in [0.4, 0.5) is 4.79 Å². The molecule has 4 rings (SSSR count). The van der Waals surface area contributed by atoms with Gasteiger partial charge >= 0.3 is 6.16 Å². The topological polar surface area (TPSA) is 35.5 Å². The van der Waals surface area contributed by atoms with Crippen LogP contribution in [-0.2, 0) is 9.47 Å². The van der Waals surface area contributed by atoms with Gasteiger partial charge in [-0.1, -0.05) is 88.1 Å². The first-order chi connectivity index (χ1) is 16.7. The summed E-state index contributed by atoms with van der Waals surface area (Å²) < 4.78 is 12.0. The van der Waals surface area contributed by atoms with Gasteiger partial charge in [-0.25, -0.2) is 4.79 Å². The number of hydrogen-bond donors (Lipinski definition) is 0. The Kier molecular flexibility index (Phi) is 9.23. The third kappa shape index (κ3) is 5.77. The Morgan fingerprint density at radius 2 is 1.86 bits per heavy atom. The monoisotopic (exact) mass is 598 g/mol. The van der Waals surface area contributed by atoms with Gasteiger partial charge in [0.15, 0.2) is 0 Å². The summed E-state index contributed by atoms with van der Waals surface area (Å²) in [6.45, 7) is 13.0. The third-order valence-electron chi connectivity index (χ3n) is 11.0. The first kappa shape index (κ1) is 27.8. The molecule has 0 bridgehead atoms. The van der Waals surface area contributed by atoms with Crippen LogP contribution in [0.25, 0.3) is 0 Å². The zero-order valence-electron chi connectivity index (χ0n) is 23.1. The lowest BCUT2D eigenvalue weighted by Crippen LogP contribution is -2.51. The van der Waals surface area contributed by atoms with Gasteiger partial charge in [-0.2, -0.15) is 0 Å². The van der Waals surface area contributed by atoms with Gasteiger partial charge in [-0.05, 0) is 97.7 Å². The van der Waals surface area contributed by atoms with E-state index in [1.807, 2.05) is 0 Å². The molecule has 0 aromatic carbocycles. The number of ether oxygens (including phenoxy) is 2. The Bertz CT molecular complexity index is 762. The molecule has 0 aromatic heterocycles. The highest BCUT2D eigenvalue weighted by Gasteiger charge is 2.59. The molecule has 0 aliphatic heterocycles. The van der Waals surface area contributed by atoms with E-state index in [9.17, 15) is 4.79 Å². The molecule has 35 heavy (non-hydrogen) atoms. The van der Waals surface area contributed by atoms with Crippen LogP contribution < -0.4 is 0 Å². The molecule has 3 fully saturated rings. The van der Waals surface area contributed by atoms with Crippen LogP contribution >= 0.6 is 22.6 Å². The zero-order chi connectivity index (χ0) is 25.2. The molecule has 0 saturated heterocycles. The van der Waals surface area contributed by atoms with Crippen molar-refractivity contribution in [2.75, 3.05) is 11.0 Å². The van der Waals surface area contributed by atoms with Crippen LogP contribution in [0.2, 0.25) is 0 Å². The van der Waals surface area contributed by atoms with Crippen molar-refractivity contribution in [2.24, 2.45) is 46.3 Å². The molecule has 0 radical (unpaired) electrons. The highest BCUT2D eigenvalue weighted by Crippen LogP contribution is 2.67. The lowest BCUT2D eigenvalue weighted by molar-refractivity contribution is -0.0616. The smallest absolute Gasteiger partial charge is 0.434 e. The number of fused-ring (bicyclic) bond motifs is 5. The number of carbonyl (C=O) groups is 1. The van der Waals surface area contributed by atoms with Crippen molar-refractivity contribution >= 4 is 28.7 Å². The summed E-state index contributed by atoms with van der Waals surface area (Å²) in [5, 5.41) is 0. The predicted octanol–water partition coefficient (Wildman–Crippen LogP) is 9.37. The fourth-order valence-corrected chi connectivity index (χ4v) is 9.44. The van der Waals surface area contributed by atoms with Gasteiger partial charge in [0.2, 0.25) is 0 Å². The van der Waals surface area contributed by atoms with E-state index < -0.39 is 6.16 Å². The molecule has 4 aliphatic rings. The van der Waals surface area contributed by atoms with Crippen molar-refractivity contribution in [2.45, 2.75) is 118 Å². The first-order valence-corrected chi connectivity index (χ1v) is 16.3. The van der Waals surface area contributed by atoms with E-state index in [4.69, 9.17) is 9.47 Å². The molecule has 7 unspecified atom stereocenters. The fourth-order valence-electron chi connectivity index (χ4n) is 9.13. The van der Waals surface area contributed by atoms with E-state index in [1.165, 1.54) is 51.4 Å². The Hall–Kier alpha value is -0.260. The molecular weight excluding hydrogens is 547 g/mol. The number of alkyl halides is 1. The molecule has 0 heterocycles. The van der Waals surface area contributed by atoms with Crippen molar-refractivity contribution < 1.29 is 14.3 Å². The predicted molar refractivity (Wildman–Crippen MR) is 153 cm³/mol. The van der Waals surface area contributed by atoms with Crippen LogP contribution in [0, 0.1) is 46.3 Å². The minimum absolute atomic E-state index is 0.00520. The lowest BCUT2D eigenvalue weighted by Gasteiger charge is -2.58. The highest BCUT2D eigenvalue weighted by atomic mass is 127. The van der Waals surface area contributed by atoms with Gasteiger partial charge < -0.3 is 9.47 Å². The maximum Gasteiger partial charge on any atom is 0.508 e. The molecule has 4 aliphatic carbocycles. The van der Waals surface area contributed by atoms with Crippen LogP contribution in [-0.4, -0.2) is 23.3 Å². The number of allylic oxidation sites excluding steroid dienone is 1. The molecule has 8 atom stereocenters. The number of hydrogen-bond acceptors (Lipinski definition) is 3. The van der Waals surface area contributed by atoms with Crippen LogP contribution in [0.3, 0.4) is 0 Å². The highest BCUT2D eigenvalue weighted by molar-refractivity contribution is 14.1. The van der Waals surface area contributed by atoms with Crippen molar-refractivity contribution in [3.8, 4) is 0 Å². The second kappa shape index (κ2) is 11.6. The Labute approximate surface area is 229 Å². The van der Waals surface area contributed by atoms with E-state index in [2.05, 4.69) is 63.3 Å². The van der Waals surface area contributed by atoms with Crippen molar-refractivity contribution in [1.82, 2.24) is 0 Å². The zero-order valence-corrected chi connectivity index (χ0v) is 25.3. The van der Waals surface area contributed by atoms with E-state index in [0.29, 0.717) is 17.4 Å². The molecule has 0 amide bonds. The van der Waals surface area contributed by atoms with E-state index in [0.717, 1.165) is 65.6 Å². The van der Waals surface area contributed by atoms with Crippen LogP contribution in [0.5, 0.6) is 0 Å². The van der Waals surface area contributed by atoms with Crippen molar-refractivity contribution in [1.29, 1.82) is 0 Å². The van der Waals surface area contributed by atoms with Gasteiger partial charge in [0.05, 0.1) is 6.61 Å². The Morgan fingerprint density at radius 3 is 2.60 bits per heavy atom. The van der Waals surface area contributed by atoms with Gasteiger partial charge in [0.1, 0.15) is 6.10 Å². The normalized spacial score (nSPS) is 39.3. The molecule has 4 heteroatoms. The lowest BCUT2D eigenvalue weighted by atomic mass is 9.47. The molecular formula is C31H51IO3. The Balaban J connectivity index is 1.39. The number of halogens is 1. The molecule has 3 saturated carbocycles. The SMILES string of the molecule is CC(C)CCCC(C)C1CCC2C3CC=C4CC(OC(=O)OCCCI)CC[C@]4(C)C3CCC12C. The average Bonchev–Trinajstić information content (AvgIpc) is 3.16. The second-order valence-corrected chi connectivity index (χ2v) is 14.5. The molecule has 0 N–H and O–H groups in total. The van der Waals surface area contributed by atoms with Crippen LogP contribution in [0.15, 0.2) is 11.6 Å². The summed E-state index contributed by atoms with van der Waals surface area (Å²) in [6, 6.07) is 0. The number of rotatable bonds is 9. The van der Waals surface area contributed by atoms with E-state index >= 15 is 0 Å². The van der Waals surface area contributed by atoms with Gasteiger partial charge in [0, 0.05) is 10.8 Å². The quantitative estimate of drug-likeness (QED) is 0.0872. The largest absolute Gasteiger partial charge is 0.508 e. The number of carbonyl (C=O) groups excluding carboxylic acids is 1. The molecule has 3 nitrogen and oxygen atoms in total. The van der Waals surface area contributed by atoms with E-state index in [-0.39, 0.29) is 6.10 Å². The second-order valence-electron chi connectivity index (χ2n) is 13.4. The van der Waals surface area contributed by atoms with Crippen molar-refractivity contribution in [3.63, 3.8) is 0 Å². The van der Waals surface area contributed by atoms with Gasteiger partial charge in [-0.3, -0.25) is 0 Å². The summed E-state index contributed by atoms with van der Waals surface area (Å²) in [7, 11) is 0. The summed E-state index contributed by atoms with van der Waals surface area (Å²) in [6.07, 6.45) is 17.2. The van der Waals surface area contributed by atoms with Gasteiger partial charge in [0.25, 0.3) is 0 Å². The average molecular weight is 599 g/mol. The maximum absolute atomic E-state index is 12.1. The summed E-state index contributed by atoms with van der Waals surface area (Å²) >= 11 is 2.31.